The minimum absolute atomic E-state index is 0.192. The molecule has 1 aromatic heterocycles. The number of nitrogens with zero attached hydrogens (tertiary/aromatic N) is 2. The van der Waals surface area contributed by atoms with Crippen molar-refractivity contribution in [3.05, 3.63) is 18.3 Å². The molecule has 0 amide bonds. The van der Waals surface area contributed by atoms with E-state index in [9.17, 15) is 8.42 Å². The van der Waals surface area contributed by atoms with Crippen LogP contribution in [-0.2, 0) is 10.0 Å². The smallest absolute Gasteiger partial charge is 0.244 e. The molecule has 16 heavy (non-hydrogen) atoms. The van der Waals surface area contributed by atoms with E-state index in [1.54, 1.807) is 0 Å². The Bertz CT molecular complexity index is 428. The van der Waals surface area contributed by atoms with Crippen LogP contribution in [0.3, 0.4) is 0 Å². The quantitative estimate of drug-likeness (QED) is 0.839. The molecule has 6 heteroatoms. The highest BCUT2D eigenvalue weighted by Gasteiger charge is 2.22. The SMILES string of the molecule is CCCN(CC)S(=O)(=O)c1ccc(N)nc1. The van der Waals surface area contributed by atoms with Crippen LogP contribution in [0.5, 0.6) is 0 Å². The Morgan fingerprint density at radius 2 is 2.06 bits per heavy atom. The van der Waals surface area contributed by atoms with E-state index in [0.29, 0.717) is 18.9 Å². The van der Waals surface area contributed by atoms with Gasteiger partial charge in [0.05, 0.1) is 0 Å². The zero-order valence-corrected chi connectivity index (χ0v) is 10.4. The number of sulfonamides is 1. The van der Waals surface area contributed by atoms with Crippen molar-refractivity contribution in [1.29, 1.82) is 0 Å². The van der Waals surface area contributed by atoms with Gasteiger partial charge in [0.2, 0.25) is 10.0 Å². The first-order valence-corrected chi connectivity index (χ1v) is 6.68. The standard InChI is InChI=1S/C10H17N3O2S/c1-3-7-13(4-2)16(14,15)9-5-6-10(11)12-8-9/h5-6,8H,3-4,7H2,1-2H3,(H2,11,12). The first-order valence-electron chi connectivity index (χ1n) is 5.24. The summed E-state index contributed by atoms with van der Waals surface area (Å²) in [5.41, 5.74) is 5.42. The molecule has 0 radical (unpaired) electrons. The van der Waals surface area contributed by atoms with Crippen molar-refractivity contribution < 1.29 is 8.42 Å². The summed E-state index contributed by atoms with van der Waals surface area (Å²) in [6, 6.07) is 2.97. The molecular formula is C10H17N3O2S. The van der Waals surface area contributed by atoms with Gasteiger partial charge in [0, 0.05) is 19.3 Å². The summed E-state index contributed by atoms with van der Waals surface area (Å²) >= 11 is 0. The van der Waals surface area contributed by atoms with Crippen molar-refractivity contribution in [1.82, 2.24) is 9.29 Å². The van der Waals surface area contributed by atoms with Gasteiger partial charge in [0.1, 0.15) is 10.7 Å². The van der Waals surface area contributed by atoms with E-state index in [1.165, 1.54) is 22.6 Å². The van der Waals surface area contributed by atoms with Gasteiger partial charge < -0.3 is 5.73 Å². The maximum absolute atomic E-state index is 12.1. The van der Waals surface area contributed by atoms with Crippen molar-refractivity contribution in [2.75, 3.05) is 18.8 Å². The lowest BCUT2D eigenvalue weighted by Crippen LogP contribution is -2.31. The normalized spacial score (nSPS) is 11.9. The molecular weight excluding hydrogens is 226 g/mol. The second-order valence-electron chi connectivity index (χ2n) is 3.42. The first kappa shape index (κ1) is 12.9. The van der Waals surface area contributed by atoms with Crippen molar-refractivity contribution in [3.63, 3.8) is 0 Å². The topological polar surface area (TPSA) is 76.3 Å². The highest BCUT2D eigenvalue weighted by molar-refractivity contribution is 7.89. The molecule has 1 rings (SSSR count). The van der Waals surface area contributed by atoms with Gasteiger partial charge in [-0.25, -0.2) is 13.4 Å². The Hall–Kier alpha value is -1.14. The number of nitrogen functional groups attached to an aromatic ring is 1. The lowest BCUT2D eigenvalue weighted by atomic mass is 10.5. The van der Waals surface area contributed by atoms with Gasteiger partial charge in [0.25, 0.3) is 0 Å². The zero-order valence-electron chi connectivity index (χ0n) is 9.55. The van der Waals surface area contributed by atoms with E-state index in [-0.39, 0.29) is 4.90 Å². The number of pyridine rings is 1. The maximum atomic E-state index is 12.1. The van der Waals surface area contributed by atoms with E-state index in [4.69, 9.17) is 5.73 Å². The Balaban J connectivity index is 3.04. The number of hydrogen-bond acceptors (Lipinski definition) is 4. The van der Waals surface area contributed by atoms with Gasteiger partial charge in [0.15, 0.2) is 0 Å². The first-order chi connectivity index (χ1) is 7.52. The molecule has 0 unspecified atom stereocenters. The van der Waals surface area contributed by atoms with Crippen molar-refractivity contribution in [2.24, 2.45) is 0 Å². The molecule has 1 aromatic rings. The van der Waals surface area contributed by atoms with Crippen LogP contribution in [0.15, 0.2) is 23.2 Å². The highest BCUT2D eigenvalue weighted by atomic mass is 32.2. The second-order valence-corrected chi connectivity index (χ2v) is 5.35. The molecule has 2 N–H and O–H groups in total. The highest BCUT2D eigenvalue weighted by Crippen LogP contribution is 2.15. The molecule has 5 nitrogen and oxygen atoms in total. The fraction of sp³-hybridized carbons (Fsp3) is 0.500. The molecule has 0 aliphatic carbocycles. The molecule has 1 heterocycles. The minimum Gasteiger partial charge on any atom is -0.384 e. The molecule has 0 aliphatic heterocycles. The van der Waals surface area contributed by atoms with Gasteiger partial charge in [-0.3, -0.25) is 0 Å². The average Bonchev–Trinajstić information content (AvgIpc) is 2.26. The summed E-state index contributed by atoms with van der Waals surface area (Å²) in [7, 11) is -3.41. The summed E-state index contributed by atoms with van der Waals surface area (Å²) in [6.45, 7) is 4.74. The Morgan fingerprint density at radius 1 is 1.38 bits per heavy atom. The fourth-order valence-corrected chi connectivity index (χ4v) is 2.88. The van der Waals surface area contributed by atoms with Crippen molar-refractivity contribution in [3.8, 4) is 0 Å². The third kappa shape index (κ3) is 2.70. The maximum Gasteiger partial charge on any atom is 0.244 e. The molecule has 0 saturated carbocycles. The largest absolute Gasteiger partial charge is 0.384 e. The van der Waals surface area contributed by atoms with Crippen LogP contribution in [0.4, 0.5) is 5.82 Å². The monoisotopic (exact) mass is 243 g/mol. The summed E-state index contributed by atoms with van der Waals surface area (Å²) in [4.78, 5) is 3.99. The van der Waals surface area contributed by atoms with Crippen molar-refractivity contribution in [2.45, 2.75) is 25.2 Å². The van der Waals surface area contributed by atoms with Gasteiger partial charge in [-0.05, 0) is 18.6 Å². The molecule has 0 spiro atoms. The third-order valence-corrected chi connectivity index (χ3v) is 4.18. The van der Waals surface area contributed by atoms with Gasteiger partial charge in [-0.15, -0.1) is 0 Å². The van der Waals surface area contributed by atoms with Gasteiger partial charge in [-0.1, -0.05) is 13.8 Å². The molecule has 0 aromatic carbocycles. The van der Waals surface area contributed by atoms with E-state index in [1.807, 2.05) is 13.8 Å². The Kier molecular flexibility index (Phi) is 4.26. The van der Waals surface area contributed by atoms with Crippen LogP contribution in [0.2, 0.25) is 0 Å². The van der Waals surface area contributed by atoms with Gasteiger partial charge >= 0.3 is 0 Å². The summed E-state index contributed by atoms with van der Waals surface area (Å²) in [5, 5.41) is 0. The van der Waals surface area contributed by atoms with Crippen molar-refractivity contribution >= 4 is 15.8 Å². The lowest BCUT2D eigenvalue weighted by Gasteiger charge is -2.19. The predicted molar refractivity (Wildman–Crippen MR) is 63.4 cm³/mol. The molecule has 0 saturated heterocycles. The zero-order chi connectivity index (χ0) is 12.2. The van der Waals surface area contributed by atoms with Crippen LogP contribution in [0.1, 0.15) is 20.3 Å². The molecule has 90 valence electrons. The van der Waals surface area contributed by atoms with E-state index in [2.05, 4.69) is 4.98 Å². The Morgan fingerprint density at radius 3 is 2.50 bits per heavy atom. The van der Waals surface area contributed by atoms with Crippen LogP contribution in [0.25, 0.3) is 0 Å². The molecule has 0 atom stereocenters. The van der Waals surface area contributed by atoms with E-state index >= 15 is 0 Å². The van der Waals surface area contributed by atoms with E-state index in [0.717, 1.165) is 6.42 Å². The molecule has 0 bridgehead atoms. The van der Waals surface area contributed by atoms with Crippen LogP contribution in [-0.4, -0.2) is 30.8 Å². The number of anilines is 1. The summed E-state index contributed by atoms with van der Waals surface area (Å²) in [5.74, 6) is 0.317. The van der Waals surface area contributed by atoms with Crippen LogP contribution < -0.4 is 5.73 Å². The second kappa shape index (κ2) is 5.27. The molecule has 0 fully saturated rings. The lowest BCUT2D eigenvalue weighted by molar-refractivity contribution is 0.427. The number of nitrogens with two attached hydrogens (primary N) is 1. The summed E-state index contributed by atoms with van der Waals surface area (Å²) < 4.78 is 25.7. The third-order valence-electron chi connectivity index (χ3n) is 2.22. The molecule has 0 aliphatic rings. The average molecular weight is 243 g/mol. The number of rotatable bonds is 5. The number of hydrogen-bond donors (Lipinski definition) is 1. The number of aromatic nitrogens is 1. The van der Waals surface area contributed by atoms with E-state index < -0.39 is 10.0 Å². The van der Waals surface area contributed by atoms with Crippen LogP contribution >= 0.6 is 0 Å². The fourth-order valence-electron chi connectivity index (χ4n) is 1.39. The predicted octanol–water partition coefficient (Wildman–Crippen LogP) is 1.08. The van der Waals surface area contributed by atoms with Gasteiger partial charge in [-0.2, -0.15) is 4.31 Å². The van der Waals surface area contributed by atoms with Crippen LogP contribution in [0, 0.1) is 0 Å². The minimum atomic E-state index is -3.41. The Labute approximate surface area is 96.3 Å². The summed E-state index contributed by atoms with van der Waals surface area (Å²) in [6.07, 6.45) is 2.08.